The fourth-order valence-corrected chi connectivity index (χ4v) is 2.39. The van der Waals surface area contributed by atoms with Crippen LogP contribution in [0.15, 0.2) is 0 Å². The second-order valence-corrected chi connectivity index (χ2v) is 5.31. The highest BCUT2D eigenvalue weighted by Gasteiger charge is 2.21. The van der Waals surface area contributed by atoms with E-state index < -0.39 is 0 Å². The largest absolute Gasteiger partial charge is 0.461 e. The highest BCUT2D eigenvalue weighted by atomic mass is 16.6. The van der Waals surface area contributed by atoms with Crippen molar-refractivity contribution in [3.05, 3.63) is 11.4 Å². The first-order valence-electron chi connectivity index (χ1n) is 7.30. The van der Waals surface area contributed by atoms with E-state index in [2.05, 4.69) is 16.9 Å². The molecule has 7 nitrogen and oxygen atoms in total. The topological polar surface area (TPSA) is 82.6 Å². The Bertz CT molecular complexity index is 501. The first-order chi connectivity index (χ1) is 10.0. The number of likely N-dealkylation sites (N-methyl/N-ethyl adjacent to an activating group) is 1. The summed E-state index contributed by atoms with van der Waals surface area (Å²) in [5, 5.41) is 4.22. The number of ether oxygens (including phenoxy) is 2. The van der Waals surface area contributed by atoms with Crippen LogP contribution in [0.2, 0.25) is 0 Å². The van der Waals surface area contributed by atoms with Gasteiger partial charge in [-0.2, -0.15) is 5.10 Å². The fourth-order valence-electron chi connectivity index (χ4n) is 2.39. The molecule has 1 aromatic heterocycles. The highest BCUT2D eigenvalue weighted by molar-refractivity contribution is 5.69. The number of nitrogens with zero attached hydrogens (tertiary/aromatic N) is 3. The number of carbonyl (C=O) groups is 1. The van der Waals surface area contributed by atoms with Gasteiger partial charge in [-0.3, -0.25) is 14.4 Å². The van der Waals surface area contributed by atoms with Crippen molar-refractivity contribution in [1.82, 2.24) is 14.7 Å². The third-order valence-corrected chi connectivity index (χ3v) is 3.82. The van der Waals surface area contributed by atoms with Gasteiger partial charge in [0, 0.05) is 13.1 Å². The van der Waals surface area contributed by atoms with Crippen molar-refractivity contribution < 1.29 is 14.3 Å². The number of esters is 1. The van der Waals surface area contributed by atoms with Gasteiger partial charge in [0.25, 0.3) is 0 Å². The molecule has 0 aromatic carbocycles. The Morgan fingerprint density at radius 1 is 1.52 bits per heavy atom. The predicted octanol–water partition coefficient (Wildman–Crippen LogP) is 0.346. The average Bonchev–Trinajstić information content (AvgIpc) is 2.72. The van der Waals surface area contributed by atoms with Gasteiger partial charge in [0.15, 0.2) is 0 Å². The van der Waals surface area contributed by atoms with Crippen LogP contribution in [-0.2, 0) is 20.8 Å². The zero-order valence-electron chi connectivity index (χ0n) is 13.0. The minimum atomic E-state index is -0.321. The van der Waals surface area contributed by atoms with Crippen LogP contribution in [0.25, 0.3) is 0 Å². The van der Waals surface area contributed by atoms with Gasteiger partial charge < -0.3 is 15.2 Å². The monoisotopic (exact) mass is 296 g/mol. The predicted molar refractivity (Wildman–Crippen MR) is 78.9 cm³/mol. The number of hydrogen-bond donors (Lipinski definition) is 1. The van der Waals surface area contributed by atoms with Gasteiger partial charge >= 0.3 is 5.97 Å². The molecule has 2 rings (SSSR count). The van der Waals surface area contributed by atoms with Gasteiger partial charge in [-0.1, -0.05) is 6.92 Å². The van der Waals surface area contributed by atoms with Crippen molar-refractivity contribution in [2.75, 3.05) is 38.6 Å². The van der Waals surface area contributed by atoms with Crippen LogP contribution < -0.4 is 5.73 Å². The molecule has 21 heavy (non-hydrogen) atoms. The molecule has 1 fully saturated rings. The third kappa shape index (κ3) is 3.95. The van der Waals surface area contributed by atoms with Gasteiger partial charge in [-0.15, -0.1) is 0 Å². The maximum Gasteiger partial charge on any atom is 0.327 e. The summed E-state index contributed by atoms with van der Waals surface area (Å²) in [6.07, 6.45) is -0.0480. The van der Waals surface area contributed by atoms with Crippen LogP contribution in [-0.4, -0.2) is 59.6 Å². The summed E-state index contributed by atoms with van der Waals surface area (Å²) in [6, 6.07) is 0. The second kappa shape index (κ2) is 6.91. The summed E-state index contributed by atoms with van der Waals surface area (Å²) >= 11 is 0. The first kappa shape index (κ1) is 15.8. The van der Waals surface area contributed by atoms with E-state index in [1.54, 1.807) is 4.68 Å². The lowest BCUT2D eigenvalue weighted by Crippen LogP contribution is -2.44. The van der Waals surface area contributed by atoms with E-state index in [1.807, 2.05) is 13.8 Å². The van der Waals surface area contributed by atoms with Crippen LogP contribution in [0.5, 0.6) is 0 Å². The molecule has 7 heteroatoms. The summed E-state index contributed by atoms with van der Waals surface area (Å²) in [6.45, 7) is 9.54. The number of hydrogen-bond acceptors (Lipinski definition) is 6. The molecular formula is C14H24N4O3. The first-order valence-corrected chi connectivity index (χ1v) is 7.30. The molecule has 118 valence electrons. The Kier molecular flexibility index (Phi) is 5.19. The molecule has 1 aromatic rings. The Hall–Kier alpha value is -1.60. The summed E-state index contributed by atoms with van der Waals surface area (Å²) in [5.74, 6) is -0.321. The van der Waals surface area contributed by atoms with E-state index in [1.165, 1.54) is 0 Å². The number of anilines is 1. The van der Waals surface area contributed by atoms with Gasteiger partial charge in [-0.25, -0.2) is 0 Å². The van der Waals surface area contributed by atoms with Gasteiger partial charge in [0.2, 0.25) is 0 Å². The summed E-state index contributed by atoms with van der Waals surface area (Å²) in [4.78, 5) is 14.2. The Morgan fingerprint density at radius 2 is 2.29 bits per heavy atom. The zero-order chi connectivity index (χ0) is 15.4. The molecular weight excluding hydrogens is 272 g/mol. The number of carbonyl (C=O) groups excluding carboxylic acids is 1. The number of aryl methyl sites for hydroxylation is 1. The van der Waals surface area contributed by atoms with Crippen LogP contribution in [0.1, 0.15) is 18.3 Å². The summed E-state index contributed by atoms with van der Waals surface area (Å²) < 4.78 is 12.5. The van der Waals surface area contributed by atoms with Gasteiger partial charge in [-0.05, 0) is 20.4 Å². The summed E-state index contributed by atoms with van der Waals surface area (Å²) in [7, 11) is 0. The van der Waals surface area contributed by atoms with Crippen molar-refractivity contribution in [3.63, 3.8) is 0 Å². The molecule has 1 aliphatic heterocycles. The zero-order valence-corrected chi connectivity index (χ0v) is 13.0. The average molecular weight is 296 g/mol. The number of aromatic nitrogens is 2. The smallest absolute Gasteiger partial charge is 0.327 e. The highest BCUT2D eigenvalue weighted by Crippen LogP contribution is 2.14. The fraction of sp³-hybridized carbons (Fsp3) is 0.714. The van der Waals surface area contributed by atoms with Gasteiger partial charge in [0.1, 0.15) is 19.3 Å². The Morgan fingerprint density at radius 3 is 2.90 bits per heavy atom. The Balaban J connectivity index is 1.80. The molecule has 0 radical (unpaired) electrons. The maximum absolute atomic E-state index is 11.9. The third-order valence-electron chi connectivity index (χ3n) is 3.82. The molecule has 0 amide bonds. The van der Waals surface area contributed by atoms with Crippen LogP contribution in [0.4, 0.5) is 5.69 Å². The number of nitrogens with two attached hydrogens (primary N) is 1. The maximum atomic E-state index is 11.9. The molecule has 0 spiro atoms. The number of morpholine rings is 1. The normalized spacial score (nSPS) is 19.7. The van der Waals surface area contributed by atoms with Crippen molar-refractivity contribution in [3.8, 4) is 0 Å². The molecule has 2 N–H and O–H groups in total. The van der Waals surface area contributed by atoms with Crippen LogP contribution >= 0.6 is 0 Å². The van der Waals surface area contributed by atoms with Crippen molar-refractivity contribution >= 4 is 11.7 Å². The molecule has 0 bridgehead atoms. The van der Waals surface area contributed by atoms with E-state index in [0.717, 1.165) is 31.0 Å². The van der Waals surface area contributed by atoms with Crippen molar-refractivity contribution in [2.24, 2.45) is 0 Å². The van der Waals surface area contributed by atoms with Gasteiger partial charge in [0.05, 0.1) is 23.7 Å². The van der Waals surface area contributed by atoms with Crippen molar-refractivity contribution in [1.29, 1.82) is 0 Å². The van der Waals surface area contributed by atoms with Crippen molar-refractivity contribution in [2.45, 2.75) is 33.4 Å². The second-order valence-electron chi connectivity index (χ2n) is 5.31. The standard InChI is InChI=1S/C14H24N4O3/c1-4-17-5-6-20-12(7-17)9-21-13(19)8-18-11(3)14(15)10(2)16-18/h12H,4-9,15H2,1-3H3. The molecule has 1 saturated heterocycles. The molecule has 1 unspecified atom stereocenters. The minimum absolute atomic E-state index is 0.0480. The molecule has 2 heterocycles. The van der Waals surface area contributed by atoms with E-state index in [4.69, 9.17) is 15.2 Å². The minimum Gasteiger partial charge on any atom is -0.461 e. The van der Waals surface area contributed by atoms with Crippen LogP contribution in [0.3, 0.4) is 0 Å². The quantitative estimate of drug-likeness (QED) is 0.789. The molecule has 0 aliphatic carbocycles. The number of nitrogen functional groups attached to an aromatic ring is 1. The number of rotatable bonds is 5. The molecule has 1 atom stereocenters. The van der Waals surface area contributed by atoms with E-state index >= 15 is 0 Å². The summed E-state index contributed by atoms with van der Waals surface area (Å²) in [5.41, 5.74) is 7.98. The lowest BCUT2D eigenvalue weighted by Gasteiger charge is -2.31. The molecule has 1 aliphatic rings. The molecule has 0 saturated carbocycles. The lowest BCUT2D eigenvalue weighted by atomic mass is 10.3. The lowest BCUT2D eigenvalue weighted by molar-refractivity contribution is -0.151. The Labute approximate surface area is 125 Å². The van der Waals surface area contributed by atoms with E-state index in [9.17, 15) is 4.79 Å². The van der Waals surface area contributed by atoms with Crippen LogP contribution in [0, 0.1) is 13.8 Å². The van der Waals surface area contributed by atoms with E-state index in [-0.39, 0.29) is 25.2 Å². The van der Waals surface area contributed by atoms with E-state index in [0.29, 0.717) is 12.3 Å². The SMILES string of the molecule is CCN1CCOC(COC(=O)Cn2nc(C)c(N)c2C)C1.